The summed E-state index contributed by atoms with van der Waals surface area (Å²) in [5, 5.41) is 2.83. The number of amides is 2. The van der Waals surface area contributed by atoms with Crippen molar-refractivity contribution in [2.24, 2.45) is 0 Å². The Labute approximate surface area is 119 Å². The van der Waals surface area contributed by atoms with Gasteiger partial charge in [0.25, 0.3) is 0 Å². The van der Waals surface area contributed by atoms with E-state index in [0.717, 1.165) is 4.90 Å². The summed E-state index contributed by atoms with van der Waals surface area (Å²) >= 11 is 4.30. The molecule has 106 valence electrons. The van der Waals surface area contributed by atoms with Crippen LogP contribution in [0.5, 0.6) is 0 Å². The average molecular weight is 284 g/mol. The number of ether oxygens (including phenoxy) is 2. The molecule has 19 heavy (non-hydrogen) atoms. The summed E-state index contributed by atoms with van der Waals surface area (Å²) in [5.74, 6) is 0. The Morgan fingerprint density at radius 2 is 1.79 bits per heavy atom. The van der Waals surface area contributed by atoms with Gasteiger partial charge in [-0.15, -0.1) is 12.6 Å². The summed E-state index contributed by atoms with van der Waals surface area (Å²) in [5.41, 5.74) is 0.690. The van der Waals surface area contributed by atoms with Crippen LogP contribution in [0.3, 0.4) is 0 Å². The highest BCUT2D eigenvalue weighted by atomic mass is 32.1. The maximum Gasteiger partial charge on any atom is 0.322 e. The minimum absolute atomic E-state index is 0.185. The van der Waals surface area contributed by atoms with Crippen molar-refractivity contribution in [1.29, 1.82) is 0 Å². The molecule has 0 aliphatic heterocycles. The van der Waals surface area contributed by atoms with Gasteiger partial charge in [0.15, 0.2) is 0 Å². The van der Waals surface area contributed by atoms with Gasteiger partial charge in [0.05, 0.1) is 18.9 Å². The zero-order chi connectivity index (χ0) is 14.1. The Hall–Kier alpha value is -1.24. The molecule has 0 fully saturated rings. The lowest BCUT2D eigenvalue weighted by Gasteiger charge is -2.22. The van der Waals surface area contributed by atoms with Gasteiger partial charge >= 0.3 is 6.03 Å². The fourth-order valence-electron chi connectivity index (χ4n) is 1.49. The second-order valence-corrected chi connectivity index (χ2v) is 4.40. The molecule has 1 aromatic carbocycles. The summed E-state index contributed by atoms with van der Waals surface area (Å²) in [4.78, 5) is 14.5. The number of nitrogens with one attached hydrogen (secondary N) is 1. The van der Waals surface area contributed by atoms with Crippen molar-refractivity contribution < 1.29 is 14.3 Å². The number of para-hydroxylation sites is 1. The highest BCUT2D eigenvalue weighted by Gasteiger charge is 2.13. The van der Waals surface area contributed by atoms with Gasteiger partial charge in [-0.05, 0) is 12.1 Å². The predicted octanol–water partition coefficient (Wildman–Crippen LogP) is 2.10. The molecular formula is C13H20N2O3S. The minimum Gasteiger partial charge on any atom is -0.383 e. The molecule has 0 bridgehead atoms. The number of rotatable bonds is 7. The fraction of sp³-hybridized carbons (Fsp3) is 0.462. The molecule has 1 N–H and O–H groups in total. The molecule has 0 aliphatic carbocycles. The van der Waals surface area contributed by atoms with Crippen LogP contribution in [-0.2, 0) is 9.47 Å². The number of benzene rings is 1. The highest BCUT2D eigenvalue weighted by Crippen LogP contribution is 2.18. The van der Waals surface area contributed by atoms with Crippen molar-refractivity contribution in [1.82, 2.24) is 4.90 Å². The third-order valence-corrected chi connectivity index (χ3v) is 2.95. The Bertz CT molecular complexity index is 393. The van der Waals surface area contributed by atoms with Crippen LogP contribution in [0.25, 0.3) is 0 Å². The summed E-state index contributed by atoms with van der Waals surface area (Å²) in [6, 6.07) is 7.17. The van der Waals surface area contributed by atoms with E-state index < -0.39 is 0 Å². The lowest BCUT2D eigenvalue weighted by atomic mass is 10.3. The molecule has 0 saturated heterocycles. The third kappa shape index (κ3) is 5.50. The monoisotopic (exact) mass is 284 g/mol. The van der Waals surface area contributed by atoms with Gasteiger partial charge in [-0.2, -0.15) is 0 Å². The van der Waals surface area contributed by atoms with E-state index >= 15 is 0 Å². The zero-order valence-corrected chi connectivity index (χ0v) is 12.2. The number of thiol groups is 1. The maximum absolute atomic E-state index is 12.1. The van der Waals surface area contributed by atoms with Gasteiger partial charge < -0.3 is 19.7 Å². The van der Waals surface area contributed by atoms with E-state index in [1.54, 1.807) is 19.1 Å². The van der Waals surface area contributed by atoms with Crippen molar-refractivity contribution in [3.05, 3.63) is 24.3 Å². The molecule has 6 heteroatoms. The molecule has 0 aromatic heterocycles. The molecular weight excluding hydrogens is 264 g/mol. The van der Waals surface area contributed by atoms with E-state index in [9.17, 15) is 4.79 Å². The van der Waals surface area contributed by atoms with Gasteiger partial charge in [0.1, 0.15) is 0 Å². The quantitative estimate of drug-likeness (QED) is 0.754. The number of hydrogen-bond donors (Lipinski definition) is 2. The first-order valence-corrected chi connectivity index (χ1v) is 6.45. The zero-order valence-electron chi connectivity index (χ0n) is 11.3. The number of methoxy groups -OCH3 is 2. The predicted molar refractivity (Wildman–Crippen MR) is 78.0 cm³/mol. The Balaban J connectivity index is 2.62. The van der Waals surface area contributed by atoms with Crippen LogP contribution >= 0.6 is 12.6 Å². The van der Waals surface area contributed by atoms with Crippen molar-refractivity contribution >= 4 is 24.3 Å². The summed E-state index contributed by atoms with van der Waals surface area (Å²) in [7, 11) is 3.21. The first-order valence-electron chi connectivity index (χ1n) is 6.00. The van der Waals surface area contributed by atoms with Crippen LogP contribution in [0, 0.1) is 0 Å². The molecule has 0 unspecified atom stereocenters. The van der Waals surface area contributed by atoms with Crippen molar-refractivity contribution in [3.63, 3.8) is 0 Å². The van der Waals surface area contributed by atoms with Gasteiger partial charge in [0.2, 0.25) is 0 Å². The number of nitrogens with zero attached hydrogens (tertiary/aromatic N) is 1. The molecule has 0 spiro atoms. The number of hydrogen-bond acceptors (Lipinski definition) is 4. The highest BCUT2D eigenvalue weighted by molar-refractivity contribution is 7.80. The van der Waals surface area contributed by atoms with E-state index in [0.29, 0.717) is 32.0 Å². The van der Waals surface area contributed by atoms with Crippen molar-refractivity contribution in [2.45, 2.75) is 4.90 Å². The van der Waals surface area contributed by atoms with E-state index in [4.69, 9.17) is 9.47 Å². The van der Waals surface area contributed by atoms with E-state index in [1.165, 1.54) is 0 Å². The van der Waals surface area contributed by atoms with Gasteiger partial charge in [-0.25, -0.2) is 4.79 Å². The molecule has 0 atom stereocenters. The topological polar surface area (TPSA) is 50.8 Å². The molecule has 1 rings (SSSR count). The van der Waals surface area contributed by atoms with Gasteiger partial charge in [-0.3, -0.25) is 0 Å². The van der Waals surface area contributed by atoms with Crippen LogP contribution in [0.15, 0.2) is 29.2 Å². The van der Waals surface area contributed by atoms with Crippen molar-refractivity contribution in [3.8, 4) is 0 Å². The van der Waals surface area contributed by atoms with E-state index in [2.05, 4.69) is 17.9 Å². The Morgan fingerprint density at radius 1 is 1.21 bits per heavy atom. The first-order chi connectivity index (χ1) is 9.19. The summed E-state index contributed by atoms with van der Waals surface area (Å²) in [6.45, 7) is 2.00. The summed E-state index contributed by atoms with van der Waals surface area (Å²) < 4.78 is 10.00. The van der Waals surface area contributed by atoms with Crippen LogP contribution in [0.4, 0.5) is 10.5 Å². The molecule has 1 aromatic rings. The minimum atomic E-state index is -0.185. The fourth-order valence-corrected chi connectivity index (χ4v) is 1.71. The lowest BCUT2D eigenvalue weighted by molar-refractivity contribution is 0.127. The van der Waals surface area contributed by atoms with Crippen LogP contribution < -0.4 is 5.32 Å². The Morgan fingerprint density at radius 3 is 2.32 bits per heavy atom. The second-order valence-electron chi connectivity index (χ2n) is 3.92. The van der Waals surface area contributed by atoms with Crippen LogP contribution in [-0.4, -0.2) is 51.5 Å². The largest absolute Gasteiger partial charge is 0.383 e. The smallest absolute Gasteiger partial charge is 0.322 e. The molecule has 0 heterocycles. The molecule has 0 saturated carbocycles. The third-order valence-electron chi connectivity index (χ3n) is 2.56. The van der Waals surface area contributed by atoms with E-state index in [-0.39, 0.29) is 6.03 Å². The number of anilines is 1. The standard InChI is InChI=1S/C13H20N2O3S/c1-17-9-7-15(8-10-18-2)13(16)14-11-5-3-4-6-12(11)19/h3-6,19H,7-10H2,1-2H3,(H,14,16). The first kappa shape index (κ1) is 15.8. The number of urea groups is 1. The molecule has 0 radical (unpaired) electrons. The van der Waals surface area contributed by atoms with Crippen molar-refractivity contribution in [2.75, 3.05) is 45.8 Å². The van der Waals surface area contributed by atoms with Crippen LogP contribution in [0.2, 0.25) is 0 Å². The lowest BCUT2D eigenvalue weighted by Crippen LogP contribution is -2.39. The molecule has 2 amide bonds. The van der Waals surface area contributed by atoms with Gasteiger partial charge in [-0.1, -0.05) is 12.1 Å². The SMILES string of the molecule is COCCN(CCOC)C(=O)Nc1ccccc1S. The van der Waals surface area contributed by atoms with Crippen LogP contribution in [0.1, 0.15) is 0 Å². The maximum atomic E-state index is 12.1. The number of carbonyl (C=O) groups excluding carboxylic acids is 1. The molecule has 0 aliphatic rings. The summed E-state index contributed by atoms with van der Waals surface area (Å²) in [6.07, 6.45) is 0. The van der Waals surface area contributed by atoms with E-state index in [1.807, 2.05) is 24.3 Å². The average Bonchev–Trinajstić information content (AvgIpc) is 2.41. The number of carbonyl (C=O) groups is 1. The molecule has 5 nitrogen and oxygen atoms in total. The second kappa shape index (κ2) is 8.79. The normalized spacial score (nSPS) is 10.3. The van der Waals surface area contributed by atoms with Gasteiger partial charge in [0, 0.05) is 32.2 Å². The Kier molecular flexibility index (Phi) is 7.32.